The lowest BCUT2D eigenvalue weighted by molar-refractivity contribution is -0.121. The first-order valence-corrected chi connectivity index (χ1v) is 10.3. The minimum absolute atomic E-state index is 0.218. The lowest BCUT2D eigenvalue weighted by Crippen LogP contribution is -2.33. The molecule has 0 radical (unpaired) electrons. The molecule has 2 heterocycles. The lowest BCUT2D eigenvalue weighted by atomic mass is 10.2. The van der Waals surface area contributed by atoms with Crippen molar-refractivity contribution < 1.29 is 14.3 Å². The molecule has 0 aliphatic carbocycles. The molecule has 0 atom stereocenters. The number of methoxy groups -OCH3 is 2. The van der Waals surface area contributed by atoms with E-state index in [1.54, 1.807) is 26.4 Å². The Morgan fingerprint density at radius 1 is 1.14 bits per heavy atom. The summed E-state index contributed by atoms with van der Waals surface area (Å²) >= 11 is 8.08. The smallest absolute Gasteiger partial charge is 0.285 e. The second-order valence-corrected chi connectivity index (χ2v) is 8.44. The van der Waals surface area contributed by atoms with Crippen molar-refractivity contribution in [3.05, 3.63) is 52.9 Å². The maximum Gasteiger partial charge on any atom is 0.285 e. The number of carbonyl (C=O) groups excluding carboxylic acids is 1. The molecule has 6 nitrogen and oxygen atoms in total. The fraction of sp³-hybridized carbons (Fsp3) is 0.105. The van der Waals surface area contributed by atoms with Crippen molar-refractivity contribution >= 4 is 67.0 Å². The van der Waals surface area contributed by atoms with Crippen LogP contribution in [0.25, 0.3) is 16.3 Å². The highest BCUT2D eigenvalue weighted by Gasteiger charge is 2.33. The molecule has 142 valence electrons. The first-order valence-electron chi connectivity index (χ1n) is 8.21. The SMILES string of the molecule is COc1ccc(/C=C2\SC(=S)N(Nc3nc4ccccc4s3)C2=O)cc1OC. The molecule has 28 heavy (non-hydrogen) atoms. The quantitative estimate of drug-likeness (QED) is 0.472. The Bertz CT molecular complexity index is 1080. The van der Waals surface area contributed by atoms with Gasteiger partial charge < -0.3 is 9.47 Å². The second kappa shape index (κ2) is 7.78. The maximum atomic E-state index is 12.8. The van der Waals surface area contributed by atoms with E-state index in [-0.39, 0.29) is 5.91 Å². The molecule has 9 heteroatoms. The largest absolute Gasteiger partial charge is 0.493 e. The molecule has 0 spiro atoms. The summed E-state index contributed by atoms with van der Waals surface area (Å²) in [6.45, 7) is 0. The molecule has 3 aromatic rings. The Labute approximate surface area is 175 Å². The van der Waals surface area contributed by atoms with Crippen molar-refractivity contribution in [2.45, 2.75) is 0 Å². The van der Waals surface area contributed by atoms with Crippen LogP contribution in [0, 0.1) is 0 Å². The van der Waals surface area contributed by atoms with Crippen LogP contribution in [0.5, 0.6) is 11.5 Å². The van der Waals surface area contributed by atoms with Crippen LogP contribution >= 0.6 is 35.3 Å². The molecule has 0 bridgehead atoms. The fourth-order valence-corrected chi connectivity index (χ4v) is 4.71. The summed E-state index contributed by atoms with van der Waals surface area (Å²) in [5.41, 5.74) is 4.72. The number of thioether (sulfide) groups is 1. The number of nitrogens with zero attached hydrogens (tertiary/aromatic N) is 2. The van der Waals surface area contributed by atoms with Gasteiger partial charge in [0.15, 0.2) is 15.8 Å². The summed E-state index contributed by atoms with van der Waals surface area (Å²) in [6.07, 6.45) is 1.78. The van der Waals surface area contributed by atoms with Gasteiger partial charge in [0.05, 0.1) is 29.3 Å². The molecule has 4 rings (SSSR count). The first kappa shape index (κ1) is 18.7. The molecule has 1 amide bonds. The van der Waals surface area contributed by atoms with Crippen molar-refractivity contribution in [1.82, 2.24) is 9.99 Å². The van der Waals surface area contributed by atoms with Gasteiger partial charge in [-0.2, -0.15) is 5.01 Å². The zero-order chi connectivity index (χ0) is 19.7. The van der Waals surface area contributed by atoms with Gasteiger partial charge in [-0.3, -0.25) is 10.2 Å². The lowest BCUT2D eigenvalue weighted by Gasteiger charge is -2.14. The fourth-order valence-electron chi connectivity index (χ4n) is 2.67. The minimum Gasteiger partial charge on any atom is -0.493 e. The number of benzene rings is 2. The van der Waals surface area contributed by atoms with Crippen LogP contribution < -0.4 is 14.9 Å². The number of hydrogen-bond donors (Lipinski definition) is 1. The number of nitrogens with one attached hydrogen (secondary N) is 1. The van der Waals surface area contributed by atoms with Crippen LogP contribution in [0.1, 0.15) is 5.56 Å². The first-order chi connectivity index (χ1) is 13.6. The normalized spacial score (nSPS) is 15.5. The van der Waals surface area contributed by atoms with Gasteiger partial charge in [-0.1, -0.05) is 41.3 Å². The molecule has 1 aromatic heterocycles. The van der Waals surface area contributed by atoms with E-state index >= 15 is 0 Å². The zero-order valence-electron chi connectivity index (χ0n) is 15.0. The average Bonchev–Trinajstić information content (AvgIpc) is 3.23. The van der Waals surface area contributed by atoms with E-state index in [1.165, 1.54) is 28.1 Å². The maximum absolute atomic E-state index is 12.8. The molecule has 1 N–H and O–H groups in total. The number of rotatable bonds is 5. The number of amides is 1. The van der Waals surface area contributed by atoms with E-state index in [0.29, 0.717) is 25.9 Å². The Balaban J connectivity index is 1.57. The van der Waals surface area contributed by atoms with Crippen LogP contribution in [-0.4, -0.2) is 34.4 Å². The number of ether oxygens (including phenoxy) is 2. The van der Waals surface area contributed by atoms with E-state index < -0.39 is 0 Å². The number of thiazole rings is 1. The number of para-hydroxylation sites is 1. The van der Waals surface area contributed by atoms with E-state index in [9.17, 15) is 4.79 Å². The van der Waals surface area contributed by atoms with Gasteiger partial charge in [0.1, 0.15) is 0 Å². The summed E-state index contributed by atoms with van der Waals surface area (Å²) in [6, 6.07) is 13.3. The van der Waals surface area contributed by atoms with Crippen molar-refractivity contribution in [3.8, 4) is 11.5 Å². The molecule has 1 aliphatic heterocycles. The summed E-state index contributed by atoms with van der Waals surface area (Å²) in [7, 11) is 3.15. The number of hydrogen-bond acceptors (Lipinski definition) is 8. The number of carbonyl (C=O) groups is 1. The Morgan fingerprint density at radius 3 is 2.68 bits per heavy atom. The molecular formula is C19H15N3O3S3. The van der Waals surface area contributed by atoms with Crippen LogP contribution in [0.2, 0.25) is 0 Å². The highest BCUT2D eigenvalue weighted by Crippen LogP contribution is 2.35. The standard InChI is InChI=1S/C19H15N3O3S3/c1-24-13-8-7-11(9-14(13)25-2)10-16-17(23)22(19(26)28-16)21-18-20-12-5-3-4-6-15(12)27-18/h3-10H,1-2H3,(H,20,21)/b16-10-. The van der Waals surface area contributed by atoms with Gasteiger partial charge in [0.2, 0.25) is 5.13 Å². The summed E-state index contributed by atoms with van der Waals surface area (Å²) in [5.74, 6) is 1.01. The van der Waals surface area contributed by atoms with Crippen LogP contribution in [0.4, 0.5) is 5.13 Å². The zero-order valence-corrected chi connectivity index (χ0v) is 17.4. The molecule has 1 saturated heterocycles. The van der Waals surface area contributed by atoms with Crippen molar-refractivity contribution in [3.63, 3.8) is 0 Å². The average molecular weight is 430 g/mol. The number of hydrazine groups is 1. The van der Waals surface area contributed by atoms with Crippen LogP contribution in [0.3, 0.4) is 0 Å². The Kier molecular flexibility index (Phi) is 5.21. The number of thiocarbonyl (C=S) groups is 1. The number of aromatic nitrogens is 1. The third-order valence-electron chi connectivity index (χ3n) is 4.00. The molecular weight excluding hydrogens is 414 g/mol. The van der Waals surface area contributed by atoms with Crippen molar-refractivity contribution in [2.75, 3.05) is 19.6 Å². The van der Waals surface area contributed by atoms with Crippen molar-refractivity contribution in [2.24, 2.45) is 0 Å². The highest BCUT2D eigenvalue weighted by atomic mass is 32.2. The third-order valence-corrected chi connectivity index (χ3v) is 6.24. The van der Waals surface area contributed by atoms with E-state index in [4.69, 9.17) is 21.7 Å². The monoisotopic (exact) mass is 429 g/mol. The molecule has 1 fully saturated rings. The van der Waals surface area contributed by atoms with Gasteiger partial charge >= 0.3 is 0 Å². The Morgan fingerprint density at radius 2 is 1.93 bits per heavy atom. The number of anilines is 1. The van der Waals surface area contributed by atoms with E-state index in [1.807, 2.05) is 36.4 Å². The Hall–Kier alpha value is -2.62. The molecule has 0 saturated carbocycles. The number of fused-ring (bicyclic) bond motifs is 1. The van der Waals surface area contributed by atoms with E-state index in [0.717, 1.165) is 15.8 Å². The summed E-state index contributed by atoms with van der Waals surface area (Å²) in [5, 5.41) is 1.97. The third kappa shape index (κ3) is 3.56. The van der Waals surface area contributed by atoms with Gasteiger partial charge in [0, 0.05) is 0 Å². The highest BCUT2D eigenvalue weighted by molar-refractivity contribution is 8.26. The van der Waals surface area contributed by atoms with Crippen LogP contribution in [-0.2, 0) is 4.79 Å². The van der Waals surface area contributed by atoms with Crippen molar-refractivity contribution in [1.29, 1.82) is 0 Å². The van der Waals surface area contributed by atoms with Gasteiger partial charge in [-0.15, -0.1) is 0 Å². The minimum atomic E-state index is -0.218. The van der Waals surface area contributed by atoms with Crippen LogP contribution in [0.15, 0.2) is 47.4 Å². The van der Waals surface area contributed by atoms with E-state index in [2.05, 4.69) is 10.4 Å². The molecule has 1 aliphatic rings. The predicted octanol–water partition coefficient (Wildman–Crippen LogP) is 4.54. The molecule has 2 aromatic carbocycles. The summed E-state index contributed by atoms with van der Waals surface area (Å²) < 4.78 is 12.0. The predicted molar refractivity (Wildman–Crippen MR) is 118 cm³/mol. The van der Waals surface area contributed by atoms with Gasteiger partial charge in [0.25, 0.3) is 5.91 Å². The van der Waals surface area contributed by atoms with Gasteiger partial charge in [-0.05, 0) is 48.1 Å². The summed E-state index contributed by atoms with van der Waals surface area (Å²) in [4.78, 5) is 17.8. The van der Waals surface area contributed by atoms with Gasteiger partial charge in [-0.25, -0.2) is 4.98 Å². The molecule has 0 unspecified atom stereocenters. The second-order valence-electron chi connectivity index (χ2n) is 5.73. The topological polar surface area (TPSA) is 63.7 Å².